The molecule has 0 spiro atoms. The first kappa shape index (κ1) is 14.7. The zero-order valence-corrected chi connectivity index (χ0v) is 11.4. The molecule has 0 unspecified atom stereocenters. The van der Waals surface area contributed by atoms with E-state index >= 15 is 0 Å². The molecule has 0 bridgehead atoms. The Hall–Kier alpha value is -0.740. The number of alkyl halides is 3. The van der Waals surface area contributed by atoms with Gasteiger partial charge in [0, 0.05) is 19.0 Å². The maximum absolute atomic E-state index is 12.6. The summed E-state index contributed by atoms with van der Waals surface area (Å²) in [6, 6.07) is 0. The monoisotopic (exact) mass is 277 g/mol. The number of hydrogen-bond donors (Lipinski definition) is 0. The Kier molecular flexibility index (Phi) is 4.41. The van der Waals surface area contributed by atoms with Gasteiger partial charge in [0.15, 0.2) is 0 Å². The minimum Gasteiger partial charge on any atom is -0.342 e. The lowest BCUT2D eigenvalue weighted by Crippen LogP contribution is -2.43. The predicted octanol–water partition coefficient (Wildman–Crippen LogP) is 3.61. The molecule has 2 nitrogen and oxygen atoms in total. The van der Waals surface area contributed by atoms with Gasteiger partial charge < -0.3 is 4.90 Å². The summed E-state index contributed by atoms with van der Waals surface area (Å²) in [7, 11) is 0. The minimum atomic E-state index is -4.09. The van der Waals surface area contributed by atoms with Crippen LogP contribution in [0.4, 0.5) is 13.2 Å². The molecule has 2 rings (SSSR count). The largest absolute Gasteiger partial charge is 0.391 e. The summed E-state index contributed by atoms with van der Waals surface area (Å²) in [5.41, 5.74) is 0. The first-order chi connectivity index (χ1) is 8.88. The van der Waals surface area contributed by atoms with Gasteiger partial charge in [-0.1, -0.05) is 6.92 Å². The third-order valence-corrected chi connectivity index (χ3v) is 4.63. The molecule has 0 N–H and O–H groups in total. The van der Waals surface area contributed by atoms with Crippen LogP contribution in [0.2, 0.25) is 0 Å². The molecule has 1 aliphatic heterocycles. The van der Waals surface area contributed by atoms with Crippen molar-refractivity contribution in [2.45, 2.75) is 51.6 Å². The van der Waals surface area contributed by atoms with Gasteiger partial charge in [0.25, 0.3) is 0 Å². The van der Waals surface area contributed by atoms with Gasteiger partial charge in [-0.15, -0.1) is 0 Å². The molecule has 2 fully saturated rings. The molecule has 0 aromatic rings. The van der Waals surface area contributed by atoms with Crippen molar-refractivity contribution in [2.75, 3.05) is 13.1 Å². The van der Waals surface area contributed by atoms with Crippen LogP contribution < -0.4 is 0 Å². The van der Waals surface area contributed by atoms with E-state index in [-0.39, 0.29) is 24.7 Å². The van der Waals surface area contributed by atoms with Gasteiger partial charge in [-0.3, -0.25) is 4.79 Å². The standard InChI is InChI=1S/C14H22F3NO/c1-10-6-8-18(9-7-10)13(19)11-2-4-12(5-3-11)14(15,16)17/h10-12H,2-9H2,1H3. The SMILES string of the molecule is CC1CCN(C(=O)C2CCC(C(F)(F)F)CC2)CC1. The lowest BCUT2D eigenvalue weighted by Gasteiger charge is -2.35. The summed E-state index contributed by atoms with van der Waals surface area (Å²) < 4.78 is 37.7. The molecule has 5 heteroatoms. The Labute approximate surface area is 112 Å². The highest BCUT2D eigenvalue weighted by Crippen LogP contribution is 2.40. The molecule has 1 heterocycles. The number of nitrogens with zero attached hydrogens (tertiary/aromatic N) is 1. The highest BCUT2D eigenvalue weighted by atomic mass is 19.4. The second-order valence-corrected chi connectivity index (χ2v) is 6.10. The Balaban J connectivity index is 1.82. The van der Waals surface area contributed by atoms with Crippen molar-refractivity contribution in [1.82, 2.24) is 4.90 Å². The van der Waals surface area contributed by atoms with Crippen molar-refractivity contribution in [3.05, 3.63) is 0 Å². The second kappa shape index (κ2) is 5.71. The first-order valence-electron chi connectivity index (χ1n) is 7.23. The van der Waals surface area contributed by atoms with Crippen LogP contribution in [0, 0.1) is 17.8 Å². The zero-order chi connectivity index (χ0) is 14.0. The summed E-state index contributed by atoms with van der Waals surface area (Å²) in [4.78, 5) is 14.1. The van der Waals surface area contributed by atoms with Gasteiger partial charge in [0.2, 0.25) is 5.91 Å². The fourth-order valence-corrected chi connectivity index (χ4v) is 3.15. The topological polar surface area (TPSA) is 20.3 Å². The Morgan fingerprint density at radius 3 is 2.00 bits per heavy atom. The second-order valence-electron chi connectivity index (χ2n) is 6.10. The van der Waals surface area contributed by atoms with Gasteiger partial charge in [0.1, 0.15) is 0 Å². The van der Waals surface area contributed by atoms with Crippen molar-refractivity contribution in [1.29, 1.82) is 0 Å². The normalized spacial score (nSPS) is 30.4. The van der Waals surface area contributed by atoms with E-state index in [2.05, 4.69) is 6.92 Å². The molecule has 0 atom stereocenters. The van der Waals surface area contributed by atoms with Crippen molar-refractivity contribution in [3.8, 4) is 0 Å². The van der Waals surface area contributed by atoms with Crippen molar-refractivity contribution in [2.24, 2.45) is 17.8 Å². The Morgan fingerprint density at radius 2 is 1.53 bits per heavy atom. The molecule has 1 aliphatic carbocycles. The summed E-state index contributed by atoms with van der Waals surface area (Å²) in [6.45, 7) is 3.73. The van der Waals surface area contributed by atoms with Gasteiger partial charge in [-0.2, -0.15) is 13.2 Å². The number of likely N-dealkylation sites (tertiary alicyclic amines) is 1. The van der Waals surface area contributed by atoms with Crippen LogP contribution >= 0.6 is 0 Å². The average molecular weight is 277 g/mol. The Morgan fingerprint density at radius 1 is 1.00 bits per heavy atom. The lowest BCUT2D eigenvalue weighted by molar-refractivity contribution is -0.185. The zero-order valence-electron chi connectivity index (χ0n) is 11.4. The van der Waals surface area contributed by atoms with Crippen LogP contribution in [-0.4, -0.2) is 30.1 Å². The molecule has 1 saturated heterocycles. The fraction of sp³-hybridized carbons (Fsp3) is 0.929. The smallest absolute Gasteiger partial charge is 0.342 e. The van der Waals surface area contributed by atoms with E-state index in [1.807, 2.05) is 4.90 Å². The molecule has 1 saturated carbocycles. The fourth-order valence-electron chi connectivity index (χ4n) is 3.15. The van der Waals surface area contributed by atoms with E-state index in [0.29, 0.717) is 18.8 Å². The molecule has 2 aliphatic rings. The molecular formula is C14H22F3NO. The maximum Gasteiger partial charge on any atom is 0.391 e. The average Bonchev–Trinajstić information content (AvgIpc) is 2.38. The third kappa shape index (κ3) is 3.63. The minimum absolute atomic E-state index is 0.0903. The summed E-state index contributed by atoms with van der Waals surface area (Å²) in [6.07, 6.45) is -1.03. The van der Waals surface area contributed by atoms with Crippen LogP contribution in [0.15, 0.2) is 0 Å². The van der Waals surface area contributed by atoms with E-state index < -0.39 is 12.1 Å². The van der Waals surface area contributed by atoms with E-state index in [1.165, 1.54) is 0 Å². The number of hydrogen-bond acceptors (Lipinski definition) is 1. The first-order valence-corrected chi connectivity index (χ1v) is 7.23. The highest BCUT2D eigenvalue weighted by Gasteiger charge is 2.43. The number of piperidine rings is 1. The Bertz CT molecular complexity index is 313. The molecule has 110 valence electrons. The summed E-state index contributed by atoms with van der Waals surface area (Å²) >= 11 is 0. The molecular weight excluding hydrogens is 255 g/mol. The quantitative estimate of drug-likeness (QED) is 0.717. The number of amides is 1. The molecule has 0 aromatic heterocycles. The van der Waals surface area contributed by atoms with Crippen LogP contribution in [0.25, 0.3) is 0 Å². The van der Waals surface area contributed by atoms with E-state index in [0.717, 1.165) is 25.9 Å². The van der Waals surface area contributed by atoms with E-state index in [4.69, 9.17) is 0 Å². The number of carbonyl (C=O) groups excluding carboxylic acids is 1. The third-order valence-electron chi connectivity index (χ3n) is 4.63. The van der Waals surface area contributed by atoms with Crippen LogP contribution in [-0.2, 0) is 4.79 Å². The van der Waals surface area contributed by atoms with Crippen LogP contribution in [0.3, 0.4) is 0 Å². The predicted molar refractivity (Wildman–Crippen MR) is 66.5 cm³/mol. The molecule has 19 heavy (non-hydrogen) atoms. The maximum atomic E-state index is 12.6. The summed E-state index contributed by atoms with van der Waals surface area (Å²) in [5, 5.41) is 0. The molecule has 0 radical (unpaired) electrons. The van der Waals surface area contributed by atoms with E-state index in [1.54, 1.807) is 0 Å². The highest BCUT2D eigenvalue weighted by molar-refractivity contribution is 5.79. The van der Waals surface area contributed by atoms with Crippen LogP contribution in [0.1, 0.15) is 45.4 Å². The van der Waals surface area contributed by atoms with Gasteiger partial charge in [0.05, 0.1) is 5.92 Å². The van der Waals surface area contributed by atoms with Gasteiger partial charge >= 0.3 is 6.18 Å². The van der Waals surface area contributed by atoms with Gasteiger partial charge in [-0.25, -0.2) is 0 Å². The van der Waals surface area contributed by atoms with Crippen LogP contribution in [0.5, 0.6) is 0 Å². The van der Waals surface area contributed by atoms with Crippen molar-refractivity contribution in [3.63, 3.8) is 0 Å². The number of carbonyl (C=O) groups is 1. The van der Waals surface area contributed by atoms with Crippen molar-refractivity contribution < 1.29 is 18.0 Å². The number of rotatable bonds is 1. The van der Waals surface area contributed by atoms with Crippen molar-refractivity contribution >= 4 is 5.91 Å². The van der Waals surface area contributed by atoms with E-state index in [9.17, 15) is 18.0 Å². The number of halogens is 3. The lowest BCUT2D eigenvalue weighted by atomic mass is 9.80. The summed E-state index contributed by atoms with van der Waals surface area (Å²) in [5.74, 6) is -0.623. The van der Waals surface area contributed by atoms with Gasteiger partial charge in [-0.05, 0) is 44.4 Å². The molecule has 1 amide bonds. The molecule has 0 aromatic carbocycles.